The summed E-state index contributed by atoms with van der Waals surface area (Å²) < 4.78 is 0. The van der Waals surface area contributed by atoms with Gasteiger partial charge in [-0.05, 0) is 81.5 Å². The number of aromatic nitrogens is 1. The van der Waals surface area contributed by atoms with Gasteiger partial charge >= 0.3 is 0 Å². The molecule has 9 nitrogen and oxygen atoms in total. The Morgan fingerprint density at radius 2 is 1.78 bits per heavy atom. The number of likely N-dealkylation sites (tertiary alicyclic amines) is 1. The summed E-state index contributed by atoms with van der Waals surface area (Å²) in [6.45, 7) is 5.49. The molecule has 0 radical (unpaired) electrons. The number of carbonyl (C=O) groups is 2. The van der Waals surface area contributed by atoms with Crippen LogP contribution in [-0.2, 0) is 0 Å². The Kier molecular flexibility index (Phi) is 6.72. The fourth-order valence-electron chi connectivity index (χ4n) is 6.13. The van der Waals surface area contributed by atoms with Crippen molar-refractivity contribution >= 4 is 17.6 Å². The van der Waals surface area contributed by atoms with Crippen LogP contribution in [0.4, 0.5) is 5.82 Å². The van der Waals surface area contributed by atoms with E-state index in [0.29, 0.717) is 23.2 Å². The highest BCUT2D eigenvalue weighted by atomic mass is 16.3. The Labute approximate surface area is 212 Å². The highest BCUT2D eigenvalue weighted by Crippen LogP contribution is 2.39. The van der Waals surface area contributed by atoms with Gasteiger partial charge in [-0.25, -0.2) is 4.98 Å². The lowest BCUT2D eigenvalue weighted by atomic mass is 9.95. The van der Waals surface area contributed by atoms with Crippen molar-refractivity contribution < 1.29 is 14.7 Å². The molecule has 192 valence electrons. The number of anilines is 1. The highest BCUT2D eigenvalue weighted by Gasteiger charge is 2.42. The summed E-state index contributed by atoms with van der Waals surface area (Å²) in [5, 5.41) is 17.4. The van der Waals surface area contributed by atoms with E-state index in [9.17, 15) is 14.7 Å². The Morgan fingerprint density at radius 1 is 1.08 bits per heavy atom. The normalized spacial score (nSPS) is 24.9. The van der Waals surface area contributed by atoms with E-state index in [4.69, 9.17) is 5.73 Å². The van der Waals surface area contributed by atoms with E-state index in [-0.39, 0.29) is 18.0 Å². The van der Waals surface area contributed by atoms with Crippen molar-refractivity contribution in [2.75, 3.05) is 25.0 Å². The van der Waals surface area contributed by atoms with Gasteiger partial charge in [0.1, 0.15) is 12.0 Å². The topological polar surface area (TPSA) is 124 Å². The molecule has 9 heteroatoms. The third kappa shape index (κ3) is 4.83. The van der Waals surface area contributed by atoms with Crippen LogP contribution in [0.3, 0.4) is 0 Å². The summed E-state index contributed by atoms with van der Waals surface area (Å²) in [5.74, 6) is 0.387. The van der Waals surface area contributed by atoms with Crippen LogP contribution in [0.1, 0.15) is 69.3 Å². The van der Waals surface area contributed by atoms with E-state index in [1.807, 2.05) is 39.1 Å². The molecule has 0 aliphatic carbocycles. The number of aliphatic hydroxyl groups excluding tert-OH is 1. The number of carbonyl (C=O) groups excluding carboxylic acids is 2. The van der Waals surface area contributed by atoms with Crippen molar-refractivity contribution in [1.29, 1.82) is 0 Å². The molecule has 0 saturated carbocycles. The summed E-state index contributed by atoms with van der Waals surface area (Å²) in [4.78, 5) is 33.4. The Hall–Kier alpha value is -3.01. The fourth-order valence-corrected chi connectivity index (χ4v) is 6.13. The van der Waals surface area contributed by atoms with Gasteiger partial charge < -0.3 is 26.0 Å². The number of fused-ring (bicyclic) bond motifs is 2. The number of aryl methyl sites for hydroxylation is 2. The number of rotatable bonds is 7. The largest absolute Gasteiger partial charge is 0.374 e. The molecule has 5 rings (SSSR count). The van der Waals surface area contributed by atoms with E-state index in [2.05, 4.69) is 25.4 Å². The number of piperidine rings is 1. The number of benzene rings is 1. The maximum Gasteiger partial charge on any atom is 0.253 e. The van der Waals surface area contributed by atoms with Crippen LogP contribution in [-0.4, -0.2) is 71.1 Å². The van der Waals surface area contributed by atoms with Crippen LogP contribution in [0.25, 0.3) is 0 Å². The molecule has 36 heavy (non-hydrogen) atoms. The zero-order valence-corrected chi connectivity index (χ0v) is 21.2. The number of nitrogens with two attached hydrogens (primary N) is 1. The SMILES string of the molecule is Cc1cc(C(O)NC2CC3CCC(C2)N3c2ccc(C(=O)NC3CN(C)C3)cn2)c(C)cc1C(N)=O. The third-order valence-corrected chi connectivity index (χ3v) is 7.97. The minimum absolute atomic E-state index is 0.0681. The smallest absolute Gasteiger partial charge is 0.253 e. The highest BCUT2D eigenvalue weighted by molar-refractivity contribution is 5.95. The second kappa shape index (κ2) is 9.80. The summed E-state index contributed by atoms with van der Waals surface area (Å²) in [7, 11) is 2.04. The molecule has 3 aliphatic heterocycles. The lowest BCUT2D eigenvalue weighted by Gasteiger charge is -2.41. The molecule has 3 unspecified atom stereocenters. The lowest BCUT2D eigenvalue weighted by Crippen LogP contribution is -2.57. The van der Waals surface area contributed by atoms with Crippen molar-refractivity contribution in [1.82, 2.24) is 20.5 Å². The second-order valence-corrected chi connectivity index (χ2v) is 10.7. The average molecular weight is 493 g/mol. The molecule has 3 saturated heterocycles. The molecule has 3 fully saturated rings. The summed E-state index contributed by atoms with van der Waals surface area (Å²) >= 11 is 0. The van der Waals surface area contributed by atoms with Crippen LogP contribution in [0, 0.1) is 13.8 Å². The van der Waals surface area contributed by atoms with Gasteiger partial charge in [0.25, 0.3) is 5.91 Å². The number of primary amides is 1. The van der Waals surface area contributed by atoms with E-state index >= 15 is 0 Å². The molecular formula is C27H36N6O3. The molecule has 2 bridgehead atoms. The van der Waals surface area contributed by atoms with Gasteiger partial charge in [-0.1, -0.05) is 6.07 Å². The van der Waals surface area contributed by atoms with E-state index in [1.54, 1.807) is 12.3 Å². The standard InChI is InChI=1S/C27H36N6O3/c1-15-9-23(16(2)8-22(15)25(28)34)27(36)30-18-10-20-5-6-21(11-18)33(20)24-7-4-17(12-29-24)26(35)31-19-13-32(3)14-19/h4,7-9,12,18-21,27,30,36H,5-6,10-11,13-14H2,1-3H3,(H2,28,34)(H,31,35). The Bertz CT molecular complexity index is 1130. The molecule has 5 N–H and O–H groups in total. The van der Waals surface area contributed by atoms with Gasteiger partial charge in [-0.2, -0.15) is 0 Å². The van der Waals surface area contributed by atoms with Crippen molar-refractivity contribution in [3.63, 3.8) is 0 Å². The van der Waals surface area contributed by atoms with Crippen LogP contribution in [0.5, 0.6) is 0 Å². The number of hydrogen-bond acceptors (Lipinski definition) is 7. The van der Waals surface area contributed by atoms with Crippen molar-refractivity contribution in [2.24, 2.45) is 5.73 Å². The van der Waals surface area contributed by atoms with Crippen LogP contribution in [0.15, 0.2) is 30.5 Å². The molecule has 0 spiro atoms. The number of nitrogens with one attached hydrogen (secondary N) is 2. The van der Waals surface area contributed by atoms with Gasteiger partial charge in [0.15, 0.2) is 0 Å². The summed E-state index contributed by atoms with van der Waals surface area (Å²) in [6, 6.07) is 8.50. The number of likely N-dealkylation sites (N-methyl/N-ethyl adjacent to an activating group) is 1. The maximum atomic E-state index is 12.5. The third-order valence-electron chi connectivity index (χ3n) is 7.97. The van der Waals surface area contributed by atoms with Crippen molar-refractivity contribution in [3.8, 4) is 0 Å². The Morgan fingerprint density at radius 3 is 2.36 bits per heavy atom. The van der Waals surface area contributed by atoms with Gasteiger partial charge in [-0.15, -0.1) is 0 Å². The van der Waals surface area contributed by atoms with Gasteiger partial charge in [0.2, 0.25) is 5.91 Å². The number of aliphatic hydroxyl groups is 1. The van der Waals surface area contributed by atoms with Gasteiger partial charge in [-0.3, -0.25) is 14.9 Å². The fraction of sp³-hybridized carbons (Fsp3) is 0.519. The number of amides is 2. The first kappa shape index (κ1) is 24.7. The number of nitrogens with zero attached hydrogens (tertiary/aromatic N) is 3. The van der Waals surface area contributed by atoms with E-state index in [0.717, 1.165) is 61.3 Å². The zero-order valence-electron chi connectivity index (χ0n) is 21.2. The summed E-state index contributed by atoms with van der Waals surface area (Å²) in [6.07, 6.45) is 4.86. The zero-order chi connectivity index (χ0) is 25.6. The quantitative estimate of drug-likeness (QED) is 0.433. The molecule has 3 aliphatic rings. The molecule has 1 aromatic heterocycles. The monoisotopic (exact) mass is 492 g/mol. The molecule has 2 amide bonds. The molecular weight excluding hydrogens is 456 g/mol. The average Bonchev–Trinajstić information content (AvgIpc) is 3.09. The minimum atomic E-state index is -0.812. The Balaban J connectivity index is 1.21. The molecule has 1 aromatic carbocycles. The van der Waals surface area contributed by atoms with E-state index < -0.39 is 12.1 Å². The first-order chi connectivity index (χ1) is 17.2. The van der Waals surface area contributed by atoms with Crippen molar-refractivity contribution in [2.45, 2.75) is 69.9 Å². The van der Waals surface area contributed by atoms with Crippen LogP contribution >= 0.6 is 0 Å². The predicted octanol–water partition coefficient (Wildman–Crippen LogP) is 1.62. The first-order valence-electron chi connectivity index (χ1n) is 12.8. The molecule has 4 heterocycles. The minimum Gasteiger partial charge on any atom is -0.374 e. The predicted molar refractivity (Wildman–Crippen MR) is 138 cm³/mol. The maximum absolute atomic E-state index is 12.5. The molecule has 2 aromatic rings. The van der Waals surface area contributed by atoms with Crippen molar-refractivity contribution in [3.05, 3.63) is 58.3 Å². The number of hydrogen-bond donors (Lipinski definition) is 4. The van der Waals surface area contributed by atoms with Crippen LogP contribution < -0.4 is 21.3 Å². The number of pyridine rings is 1. The van der Waals surface area contributed by atoms with Crippen LogP contribution in [0.2, 0.25) is 0 Å². The van der Waals surface area contributed by atoms with E-state index in [1.165, 1.54) is 0 Å². The second-order valence-electron chi connectivity index (χ2n) is 10.7. The lowest BCUT2D eigenvalue weighted by molar-refractivity contribution is 0.0857. The van der Waals surface area contributed by atoms with Gasteiger partial charge in [0.05, 0.1) is 11.6 Å². The van der Waals surface area contributed by atoms with Gasteiger partial charge in [0, 0.05) is 43.0 Å². The summed E-state index contributed by atoms with van der Waals surface area (Å²) in [5.41, 5.74) is 8.92. The first-order valence-corrected chi connectivity index (χ1v) is 12.8. The molecule has 3 atom stereocenters.